The summed E-state index contributed by atoms with van der Waals surface area (Å²) in [5, 5.41) is 0. The van der Waals surface area contributed by atoms with Gasteiger partial charge in [0.05, 0.1) is 0 Å². The predicted molar refractivity (Wildman–Crippen MR) is 38.1 cm³/mol. The Morgan fingerprint density at radius 3 is 3.44 bits per heavy atom. The molecule has 9 heavy (non-hydrogen) atoms. The summed E-state index contributed by atoms with van der Waals surface area (Å²) in [4.78, 5) is 0. The van der Waals surface area contributed by atoms with Crippen molar-refractivity contribution in [1.82, 2.24) is 0 Å². The summed E-state index contributed by atoms with van der Waals surface area (Å²) in [6.07, 6.45) is 10.4. The standard InChI is InChI=1S/C9H10/c1-2-5-9-7-3-6-8(9)4-1/h1-2,4,8H,3,6-7H2. The zero-order valence-corrected chi connectivity index (χ0v) is 5.43. The SMILES string of the molecule is C1=CC=CC2CCCC=12. The Hall–Kier alpha value is -0.740. The molecule has 0 radical (unpaired) electrons. The molecule has 0 aliphatic heterocycles. The van der Waals surface area contributed by atoms with Gasteiger partial charge >= 0.3 is 0 Å². The minimum atomic E-state index is 0.759. The van der Waals surface area contributed by atoms with E-state index >= 15 is 0 Å². The van der Waals surface area contributed by atoms with Crippen molar-refractivity contribution < 1.29 is 0 Å². The van der Waals surface area contributed by atoms with Crippen LogP contribution in [0.15, 0.2) is 29.5 Å². The van der Waals surface area contributed by atoms with E-state index in [1.807, 2.05) is 6.08 Å². The molecule has 0 saturated heterocycles. The predicted octanol–water partition coefficient (Wildman–Crippen LogP) is 2.44. The average molecular weight is 118 g/mol. The van der Waals surface area contributed by atoms with Gasteiger partial charge in [-0.3, -0.25) is 0 Å². The Bertz CT molecular complexity index is 202. The highest BCUT2D eigenvalue weighted by atomic mass is 14.2. The fourth-order valence-electron chi connectivity index (χ4n) is 1.61. The third kappa shape index (κ3) is 0.760. The topological polar surface area (TPSA) is 0 Å². The van der Waals surface area contributed by atoms with Crippen molar-refractivity contribution in [2.24, 2.45) is 5.92 Å². The number of hydrogen-bond donors (Lipinski definition) is 0. The maximum Gasteiger partial charge on any atom is 0.00562 e. The average Bonchev–Trinajstić information content (AvgIpc) is 2.33. The van der Waals surface area contributed by atoms with E-state index < -0.39 is 0 Å². The second-order valence-corrected chi connectivity index (χ2v) is 2.72. The first-order valence-corrected chi connectivity index (χ1v) is 3.59. The zero-order valence-electron chi connectivity index (χ0n) is 5.43. The van der Waals surface area contributed by atoms with E-state index in [4.69, 9.17) is 0 Å². The third-order valence-corrected chi connectivity index (χ3v) is 2.12. The van der Waals surface area contributed by atoms with Crippen LogP contribution in [0.5, 0.6) is 0 Å². The van der Waals surface area contributed by atoms with Gasteiger partial charge in [-0.05, 0) is 30.9 Å². The van der Waals surface area contributed by atoms with Crippen LogP contribution >= 0.6 is 0 Å². The molecule has 0 aromatic heterocycles. The Balaban J connectivity index is 2.39. The van der Waals surface area contributed by atoms with Crippen LogP contribution in [-0.4, -0.2) is 0 Å². The molecule has 2 aliphatic carbocycles. The molecule has 1 atom stereocenters. The van der Waals surface area contributed by atoms with Crippen LogP contribution in [-0.2, 0) is 0 Å². The summed E-state index contributed by atoms with van der Waals surface area (Å²) < 4.78 is 0. The molecule has 0 aromatic carbocycles. The van der Waals surface area contributed by atoms with Crippen molar-refractivity contribution in [1.29, 1.82) is 0 Å². The van der Waals surface area contributed by atoms with Crippen molar-refractivity contribution in [3.05, 3.63) is 29.5 Å². The van der Waals surface area contributed by atoms with Crippen LogP contribution in [0.4, 0.5) is 0 Å². The van der Waals surface area contributed by atoms with Gasteiger partial charge in [0.25, 0.3) is 0 Å². The molecule has 0 heterocycles. The summed E-state index contributed by atoms with van der Waals surface area (Å²) in [6.45, 7) is 0. The van der Waals surface area contributed by atoms with Gasteiger partial charge in [-0.2, -0.15) is 0 Å². The molecule has 1 saturated carbocycles. The fourth-order valence-corrected chi connectivity index (χ4v) is 1.61. The van der Waals surface area contributed by atoms with Gasteiger partial charge in [0, 0.05) is 5.92 Å². The van der Waals surface area contributed by atoms with E-state index in [1.54, 1.807) is 0 Å². The molecule has 0 N–H and O–H groups in total. The van der Waals surface area contributed by atoms with Gasteiger partial charge in [-0.1, -0.05) is 12.2 Å². The first-order chi connectivity index (χ1) is 4.47. The largest absolute Gasteiger partial charge is 0.121 e. The van der Waals surface area contributed by atoms with Crippen LogP contribution < -0.4 is 0 Å². The minimum Gasteiger partial charge on any atom is -0.121 e. The molecular formula is C9H10. The first kappa shape index (κ1) is 5.08. The molecule has 1 fully saturated rings. The van der Waals surface area contributed by atoms with Gasteiger partial charge in [0.1, 0.15) is 0 Å². The highest BCUT2D eigenvalue weighted by molar-refractivity contribution is 5.24. The molecule has 46 valence electrons. The van der Waals surface area contributed by atoms with Gasteiger partial charge < -0.3 is 0 Å². The Morgan fingerprint density at radius 2 is 2.56 bits per heavy atom. The lowest BCUT2D eigenvalue weighted by molar-refractivity contribution is 0.764. The van der Waals surface area contributed by atoms with E-state index in [2.05, 4.69) is 17.9 Å². The van der Waals surface area contributed by atoms with E-state index in [1.165, 1.54) is 24.8 Å². The lowest BCUT2D eigenvalue weighted by atomic mass is 10.0. The summed E-state index contributed by atoms with van der Waals surface area (Å²) in [5.74, 6) is 0.759. The lowest BCUT2D eigenvalue weighted by Gasteiger charge is -2.04. The first-order valence-electron chi connectivity index (χ1n) is 3.59. The summed E-state index contributed by atoms with van der Waals surface area (Å²) in [5.41, 5.74) is 4.81. The molecule has 2 aliphatic rings. The molecule has 1 unspecified atom stereocenters. The second kappa shape index (κ2) is 1.89. The number of hydrogen-bond acceptors (Lipinski definition) is 0. The van der Waals surface area contributed by atoms with Gasteiger partial charge in [-0.25, -0.2) is 0 Å². The van der Waals surface area contributed by atoms with Crippen LogP contribution in [0.25, 0.3) is 0 Å². The summed E-state index contributed by atoms with van der Waals surface area (Å²) >= 11 is 0. The van der Waals surface area contributed by atoms with Crippen molar-refractivity contribution in [2.45, 2.75) is 19.3 Å². The van der Waals surface area contributed by atoms with Gasteiger partial charge in [-0.15, -0.1) is 5.73 Å². The molecule has 0 aromatic rings. The highest BCUT2D eigenvalue weighted by Gasteiger charge is 2.18. The molecule has 0 nitrogen and oxygen atoms in total. The summed E-state index contributed by atoms with van der Waals surface area (Å²) in [6, 6.07) is 0. The van der Waals surface area contributed by atoms with Crippen LogP contribution in [0.3, 0.4) is 0 Å². The number of allylic oxidation sites excluding steroid dienone is 3. The smallest absolute Gasteiger partial charge is 0.00562 e. The van der Waals surface area contributed by atoms with E-state index in [0.29, 0.717) is 0 Å². The quantitative estimate of drug-likeness (QED) is 0.428. The van der Waals surface area contributed by atoms with Crippen molar-refractivity contribution in [3.63, 3.8) is 0 Å². The maximum absolute atomic E-state index is 3.29. The highest BCUT2D eigenvalue weighted by Crippen LogP contribution is 2.32. The molecule has 0 heteroatoms. The third-order valence-electron chi connectivity index (χ3n) is 2.12. The van der Waals surface area contributed by atoms with E-state index in [-0.39, 0.29) is 0 Å². The lowest BCUT2D eigenvalue weighted by Crippen LogP contribution is -1.91. The normalized spacial score (nSPS) is 30.2. The van der Waals surface area contributed by atoms with Crippen LogP contribution in [0.1, 0.15) is 19.3 Å². The zero-order chi connectivity index (χ0) is 6.10. The van der Waals surface area contributed by atoms with Crippen molar-refractivity contribution in [2.75, 3.05) is 0 Å². The molecule has 0 bridgehead atoms. The van der Waals surface area contributed by atoms with E-state index in [9.17, 15) is 0 Å². The van der Waals surface area contributed by atoms with Crippen LogP contribution in [0, 0.1) is 5.92 Å². The van der Waals surface area contributed by atoms with Crippen LogP contribution in [0.2, 0.25) is 0 Å². The maximum atomic E-state index is 3.29. The monoisotopic (exact) mass is 118 g/mol. The van der Waals surface area contributed by atoms with E-state index in [0.717, 1.165) is 5.92 Å². The Kier molecular flexibility index (Phi) is 1.07. The molecule has 2 rings (SSSR count). The summed E-state index contributed by atoms with van der Waals surface area (Å²) in [7, 11) is 0. The minimum absolute atomic E-state index is 0.759. The molecular weight excluding hydrogens is 108 g/mol. The second-order valence-electron chi connectivity index (χ2n) is 2.72. The fraction of sp³-hybridized carbons (Fsp3) is 0.444. The Labute approximate surface area is 55.6 Å². The number of fused-ring (bicyclic) bond motifs is 1. The van der Waals surface area contributed by atoms with Crippen molar-refractivity contribution >= 4 is 0 Å². The number of rotatable bonds is 0. The molecule has 0 amide bonds. The Morgan fingerprint density at radius 1 is 1.56 bits per heavy atom. The van der Waals surface area contributed by atoms with Crippen molar-refractivity contribution in [3.8, 4) is 0 Å². The van der Waals surface area contributed by atoms with Gasteiger partial charge in [0.15, 0.2) is 0 Å². The molecule has 0 spiro atoms. The van der Waals surface area contributed by atoms with Gasteiger partial charge in [0.2, 0.25) is 0 Å².